The van der Waals surface area contributed by atoms with Gasteiger partial charge in [-0.15, -0.1) is 12.4 Å². The highest BCUT2D eigenvalue weighted by Gasteiger charge is 2.37. The van der Waals surface area contributed by atoms with Crippen LogP contribution in [-0.4, -0.2) is 13.2 Å². The first-order chi connectivity index (χ1) is 8.30. The van der Waals surface area contributed by atoms with Gasteiger partial charge in [-0.05, 0) is 6.07 Å². The highest BCUT2D eigenvalue weighted by Crippen LogP contribution is 2.36. The van der Waals surface area contributed by atoms with Crippen LogP contribution in [0.3, 0.4) is 0 Å². The molecule has 0 aromatic heterocycles. The fraction of sp³-hybridized carbons (Fsp3) is 0.538. The van der Waals surface area contributed by atoms with Crippen LogP contribution in [-0.2, 0) is 10.9 Å². The molecule has 0 radical (unpaired) electrons. The Balaban J connectivity index is 0.00000180. The Hall–Kier alpha value is -0.780. The Morgan fingerprint density at radius 1 is 1.26 bits per heavy atom. The van der Waals surface area contributed by atoms with Crippen LogP contribution in [0, 0.1) is 5.41 Å². The van der Waals surface area contributed by atoms with E-state index in [-0.39, 0.29) is 23.4 Å². The third-order valence-electron chi connectivity index (χ3n) is 2.96. The summed E-state index contributed by atoms with van der Waals surface area (Å²) in [5.41, 5.74) is -0.536. The molecule has 6 heteroatoms. The lowest BCUT2D eigenvalue weighted by atomic mass is 9.92. The van der Waals surface area contributed by atoms with E-state index in [0.717, 1.165) is 6.07 Å². The summed E-state index contributed by atoms with van der Waals surface area (Å²) in [4.78, 5) is 0. The zero-order valence-electron chi connectivity index (χ0n) is 10.8. The maximum atomic E-state index is 12.9. The summed E-state index contributed by atoms with van der Waals surface area (Å²) in [6.45, 7) is 5.08. The van der Waals surface area contributed by atoms with Crippen molar-refractivity contribution in [3.05, 3.63) is 35.4 Å². The second-order valence-corrected chi connectivity index (χ2v) is 5.32. The van der Waals surface area contributed by atoms with Gasteiger partial charge in [-0.25, -0.2) is 0 Å². The predicted octanol–water partition coefficient (Wildman–Crippen LogP) is 3.77. The van der Waals surface area contributed by atoms with Gasteiger partial charge in [-0.3, -0.25) is 5.32 Å². The number of halogens is 4. The van der Waals surface area contributed by atoms with Crippen LogP contribution in [0.25, 0.3) is 0 Å². The van der Waals surface area contributed by atoms with Crippen molar-refractivity contribution in [1.82, 2.24) is 5.32 Å². The molecule has 0 spiro atoms. The number of benzene rings is 1. The van der Waals surface area contributed by atoms with Crippen LogP contribution in [0.15, 0.2) is 24.3 Å². The number of ether oxygens (including phenoxy) is 1. The van der Waals surface area contributed by atoms with Crippen molar-refractivity contribution in [1.29, 1.82) is 0 Å². The van der Waals surface area contributed by atoms with Crippen LogP contribution in [0.2, 0.25) is 0 Å². The summed E-state index contributed by atoms with van der Waals surface area (Å²) >= 11 is 0. The molecular formula is C13H17ClF3NO. The number of hydrogen-bond donors (Lipinski definition) is 1. The number of hydrogen-bond acceptors (Lipinski definition) is 2. The Morgan fingerprint density at radius 2 is 1.89 bits per heavy atom. The molecule has 1 N–H and O–H groups in total. The molecule has 19 heavy (non-hydrogen) atoms. The highest BCUT2D eigenvalue weighted by atomic mass is 35.5. The standard InChI is InChI=1S/C13H16F3NO.ClH/c1-12(2)7-17-11(18-8-12)9-5-3-4-6-10(9)13(14,15)16;/h3-6,11,17H,7-8H2,1-2H3;1H. The molecule has 0 saturated carbocycles. The lowest BCUT2D eigenvalue weighted by Crippen LogP contribution is -2.43. The van der Waals surface area contributed by atoms with E-state index in [4.69, 9.17) is 4.74 Å². The quantitative estimate of drug-likeness (QED) is 0.851. The number of alkyl halides is 3. The maximum Gasteiger partial charge on any atom is 0.416 e. The second kappa shape index (κ2) is 5.69. The molecule has 1 aliphatic heterocycles. The summed E-state index contributed by atoms with van der Waals surface area (Å²) in [7, 11) is 0. The third-order valence-corrected chi connectivity index (χ3v) is 2.96. The fourth-order valence-electron chi connectivity index (χ4n) is 1.97. The van der Waals surface area contributed by atoms with Crippen molar-refractivity contribution in [3.63, 3.8) is 0 Å². The summed E-state index contributed by atoms with van der Waals surface area (Å²) in [5.74, 6) is 0. The van der Waals surface area contributed by atoms with Gasteiger partial charge in [0, 0.05) is 17.5 Å². The van der Waals surface area contributed by atoms with Crippen LogP contribution < -0.4 is 5.32 Å². The van der Waals surface area contributed by atoms with Crippen molar-refractivity contribution in [3.8, 4) is 0 Å². The molecule has 1 fully saturated rings. The smallest absolute Gasteiger partial charge is 0.358 e. The Morgan fingerprint density at radius 3 is 2.42 bits per heavy atom. The molecule has 1 aromatic carbocycles. The van der Waals surface area contributed by atoms with E-state index < -0.39 is 18.0 Å². The molecule has 0 amide bonds. The SMILES string of the molecule is CC1(C)CNC(c2ccccc2C(F)(F)F)OC1.Cl. The van der Waals surface area contributed by atoms with Crippen molar-refractivity contribution < 1.29 is 17.9 Å². The van der Waals surface area contributed by atoms with Crippen molar-refractivity contribution in [2.75, 3.05) is 13.2 Å². The van der Waals surface area contributed by atoms with Gasteiger partial charge in [0.15, 0.2) is 0 Å². The van der Waals surface area contributed by atoms with Gasteiger partial charge in [0.1, 0.15) is 6.23 Å². The van der Waals surface area contributed by atoms with Crippen LogP contribution in [0.5, 0.6) is 0 Å². The van der Waals surface area contributed by atoms with Crippen molar-refractivity contribution >= 4 is 12.4 Å². The van der Waals surface area contributed by atoms with Gasteiger partial charge in [-0.1, -0.05) is 32.0 Å². The average Bonchev–Trinajstić information content (AvgIpc) is 2.28. The lowest BCUT2D eigenvalue weighted by Gasteiger charge is -2.36. The van der Waals surface area contributed by atoms with Gasteiger partial charge in [0.05, 0.1) is 12.2 Å². The summed E-state index contributed by atoms with van der Waals surface area (Å²) in [5, 5.41) is 3.02. The third kappa shape index (κ3) is 3.84. The van der Waals surface area contributed by atoms with Gasteiger partial charge >= 0.3 is 6.18 Å². The van der Waals surface area contributed by atoms with E-state index >= 15 is 0 Å². The monoisotopic (exact) mass is 295 g/mol. The molecule has 1 unspecified atom stereocenters. The second-order valence-electron chi connectivity index (χ2n) is 5.32. The van der Waals surface area contributed by atoms with Crippen molar-refractivity contribution in [2.24, 2.45) is 5.41 Å². The lowest BCUT2D eigenvalue weighted by molar-refractivity contribution is -0.141. The van der Waals surface area contributed by atoms with Gasteiger partial charge in [0.2, 0.25) is 0 Å². The maximum absolute atomic E-state index is 12.9. The molecular weight excluding hydrogens is 279 g/mol. The minimum Gasteiger partial charge on any atom is -0.358 e. The largest absolute Gasteiger partial charge is 0.416 e. The van der Waals surface area contributed by atoms with Crippen LogP contribution in [0.1, 0.15) is 31.2 Å². The minimum atomic E-state index is -4.35. The fourth-order valence-corrected chi connectivity index (χ4v) is 1.97. The van der Waals surface area contributed by atoms with Gasteiger partial charge < -0.3 is 4.74 Å². The molecule has 2 rings (SSSR count). The molecule has 1 heterocycles. The topological polar surface area (TPSA) is 21.3 Å². The molecule has 1 saturated heterocycles. The molecule has 1 aliphatic rings. The highest BCUT2D eigenvalue weighted by molar-refractivity contribution is 5.85. The van der Waals surface area contributed by atoms with E-state index in [9.17, 15) is 13.2 Å². The number of nitrogens with one attached hydrogen (secondary N) is 1. The summed E-state index contributed by atoms with van der Waals surface area (Å²) < 4.78 is 44.1. The first kappa shape index (κ1) is 16.3. The molecule has 1 atom stereocenters. The molecule has 1 aromatic rings. The van der Waals surface area contributed by atoms with Crippen molar-refractivity contribution in [2.45, 2.75) is 26.3 Å². The molecule has 0 aliphatic carbocycles. The average molecular weight is 296 g/mol. The van der Waals surface area contributed by atoms with Crippen LogP contribution in [0.4, 0.5) is 13.2 Å². The minimum absolute atomic E-state index is 0. The van der Waals surface area contributed by atoms with Crippen LogP contribution >= 0.6 is 12.4 Å². The Kier molecular flexibility index (Phi) is 4.87. The molecule has 2 nitrogen and oxygen atoms in total. The first-order valence-corrected chi connectivity index (χ1v) is 5.81. The van der Waals surface area contributed by atoms with Gasteiger partial charge in [0.25, 0.3) is 0 Å². The Labute approximate surface area is 116 Å². The van der Waals surface area contributed by atoms with E-state index in [0.29, 0.717) is 13.2 Å². The predicted molar refractivity (Wildman–Crippen MR) is 69.2 cm³/mol. The molecule has 0 bridgehead atoms. The molecule has 108 valence electrons. The zero-order chi connectivity index (χ0) is 13.4. The Bertz CT molecular complexity index is 424. The zero-order valence-corrected chi connectivity index (χ0v) is 11.6. The summed E-state index contributed by atoms with van der Waals surface area (Å²) in [6, 6.07) is 5.52. The first-order valence-electron chi connectivity index (χ1n) is 5.81. The van der Waals surface area contributed by atoms with E-state index in [2.05, 4.69) is 5.32 Å². The van der Waals surface area contributed by atoms with E-state index in [1.54, 1.807) is 6.07 Å². The van der Waals surface area contributed by atoms with E-state index in [1.165, 1.54) is 12.1 Å². The summed E-state index contributed by atoms with van der Waals surface area (Å²) in [6.07, 6.45) is -5.04. The van der Waals surface area contributed by atoms with Gasteiger partial charge in [-0.2, -0.15) is 13.2 Å². The van der Waals surface area contributed by atoms with E-state index in [1.807, 2.05) is 13.8 Å². The normalized spacial score (nSPS) is 22.7. The number of rotatable bonds is 1.